The number of aromatic nitrogens is 1. The highest BCUT2D eigenvalue weighted by Crippen LogP contribution is 2.33. The normalized spacial score (nSPS) is 13.0. The Hall–Kier alpha value is -5.02. The molecular formula is C35H35N3O6. The molecule has 1 aromatic heterocycles. The van der Waals surface area contributed by atoms with Gasteiger partial charge in [-0.25, -0.2) is 0 Å². The number of pyridine rings is 1. The molecule has 226 valence electrons. The van der Waals surface area contributed by atoms with Crippen LogP contribution in [-0.4, -0.2) is 56.8 Å². The van der Waals surface area contributed by atoms with Gasteiger partial charge in [0.15, 0.2) is 16.9 Å². The molecule has 0 fully saturated rings. The molecule has 6 rings (SSSR count). The van der Waals surface area contributed by atoms with Gasteiger partial charge in [0.2, 0.25) is 0 Å². The van der Waals surface area contributed by atoms with E-state index in [-0.39, 0.29) is 11.3 Å². The Labute approximate surface area is 255 Å². The van der Waals surface area contributed by atoms with Crippen molar-refractivity contribution in [3.63, 3.8) is 0 Å². The highest BCUT2D eigenvalue weighted by molar-refractivity contribution is 6.13. The van der Waals surface area contributed by atoms with Gasteiger partial charge in [-0.2, -0.15) is 0 Å². The number of benzene rings is 4. The average molecular weight is 594 g/mol. The maximum absolute atomic E-state index is 13.3. The van der Waals surface area contributed by atoms with E-state index >= 15 is 0 Å². The third kappa shape index (κ3) is 5.78. The lowest BCUT2D eigenvalue weighted by Crippen LogP contribution is -2.32. The molecule has 0 aliphatic carbocycles. The van der Waals surface area contributed by atoms with Gasteiger partial charge in [0.25, 0.3) is 5.91 Å². The van der Waals surface area contributed by atoms with Crippen molar-refractivity contribution >= 4 is 33.4 Å². The van der Waals surface area contributed by atoms with Crippen LogP contribution in [0.15, 0.2) is 77.6 Å². The summed E-state index contributed by atoms with van der Waals surface area (Å²) in [5.74, 6) is 2.48. The van der Waals surface area contributed by atoms with Crippen LogP contribution in [0.2, 0.25) is 0 Å². The van der Waals surface area contributed by atoms with Gasteiger partial charge in [0.1, 0.15) is 11.5 Å². The second-order valence-corrected chi connectivity index (χ2v) is 10.7. The zero-order valence-electron chi connectivity index (χ0n) is 25.1. The summed E-state index contributed by atoms with van der Waals surface area (Å²) in [6.07, 6.45) is 1.86. The highest BCUT2D eigenvalue weighted by Gasteiger charge is 2.19. The first-order valence-electron chi connectivity index (χ1n) is 14.6. The zero-order chi connectivity index (χ0) is 30.6. The minimum absolute atomic E-state index is 0.158. The molecule has 2 heterocycles. The Balaban J connectivity index is 1.05. The molecular weight excluding hydrogens is 558 g/mol. The molecule has 5 aromatic rings. The van der Waals surface area contributed by atoms with E-state index in [1.165, 1.54) is 11.1 Å². The molecule has 0 bridgehead atoms. The van der Waals surface area contributed by atoms with Gasteiger partial charge >= 0.3 is 0 Å². The lowest BCUT2D eigenvalue weighted by atomic mass is 9.98. The predicted molar refractivity (Wildman–Crippen MR) is 172 cm³/mol. The van der Waals surface area contributed by atoms with Gasteiger partial charge in [0.05, 0.1) is 44.5 Å². The van der Waals surface area contributed by atoms with Gasteiger partial charge in [-0.3, -0.25) is 14.5 Å². The van der Waals surface area contributed by atoms with Crippen LogP contribution in [0, 0.1) is 0 Å². The standard InChI is InChI=1S/C35H35N3O6/c1-41-29-10-5-8-27-33(29)37-32-26(34(27)39)7-4-9-28(32)35(40)36-24-11-13-25(14-12-24)44-18-6-16-38-17-15-22-19-30(42-2)31(43-3)20-23(22)21-38/h4-5,7-14,19-20H,6,15-18,21H2,1-3H3,(H,36,40)(H,37,39). The lowest BCUT2D eigenvalue weighted by molar-refractivity contribution is 0.102. The van der Waals surface area contributed by atoms with Gasteiger partial charge in [-0.15, -0.1) is 0 Å². The molecule has 0 radical (unpaired) electrons. The van der Waals surface area contributed by atoms with E-state index in [4.69, 9.17) is 18.9 Å². The summed E-state index contributed by atoms with van der Waals surface area (Å²) in [4.78, 5) is 32.2. The molecule has 1 amide bonds. The number of aromatic amines is 1. The van der Waals surface area contributed by atoms with Crippen molar-refractivity contribution in [1.29, 1.82) is 0 Å². The summed E-state index contributed by atoms with van der Waals surface area (Å²) < 4.78 is 22.3. The Morgan fingerprint density at radius 1 is 0.841 bits per heavy atom. The van der Waals surface area contributed by atoms with Crippen LogP contribution in [0.3, 0.4) is 0 Å². The summed E-state index contributed by atoms with van der Waals surface area (Å²) in [5.41, 5.74) is 4.43. The van der Waals surface area contributed by atoms with E-state index < -0.39 is 0 Å². The molecule has 4 aromatic carbocycles. The monoisotopic (exact) mass is 593 g/mol. The fourth-order valence-corrected chi connectivity index (χ4v) is 5.80. The molecule has 2 N–H and O–H groups in total. The van der Waals surface area contributed by atoms with E-state index in [1.54, 1.807) is 57.7 Å². The molecule has 9 nitrogen and oxygen atoms in total. The molecule has 44 heavy (non-hydrogen) atoms. The number of amides is 1. The van der Waals surface area contributed by atoms with Crippen molar-refractivity contribution in [2.45, 2.75) is 19.4 Å². The molecule has 0 atom stereocenters. The summed E-state index contributed by atoms with van der Waals surface area (Å²) >= 11 is 0. The first-order chi connectivity index (χ1) is 21.5. The fraction of sp³-hybridized carbons (Fsp3) is 0.257. The van der Waals surface area contributed by atoms with Crippen LogP contribution in [0.5, 0.6) is 23.0 Å². The minimum Gasteiger partial charge on any atom is -0.495 e. The van der Waals surface area contributed by atoms with Crippen LogP contribution < -0.4 is 29.7 Å². The largest absolute Gasteiger partial charge is 0.495 e. The molecule has 9 heteroatoms. The van der Waals surface area contributed by atoms with Crippen LogP contribution in [0.4, 0.5) is 5.69 Å². The average Bonchev–Trinajstić information content (AvgIpc) is 3.06. The number of methoxy groups -OCH3 is 3. The number of hydrogen-bond acceptors (Lipinski definition) is 7. The van der Waals surface area contributed by atoms with Crippen molar-refractivity contribution in [2.24, 2.45) is 0 Å². The number of para-hydroxylation sites is 2. The van der Waals surface area contributed by atoms with Crippen LogP contribution in [0.1, 0.15) is 27.9 Å². The van der Waals surface area contributed by atoms with E-state index in [1.807, 2.05) is 24.3 Å². The van der Waals surface area contributed by atoms with Gasteiger partial charge < -0.3 is 29.2 Å². The Morgan fingerprint density at radius 3 is 2.25 bits per heavy atom. The molecule has 0 unspecified atom stereocenters. The number of hydrogen-bond donors (Lipinski definition) is 2. The van der Waals surface area contributed by atoms with Gasteiger partial charge in [0, 0.05) is 36.1 Å². The first-order valence-corrected chi connectivity index (χ1v) is 14.6. The third-order valence-corrected chi connectivity index (χ3v) is 8.09. The summed E-state index contributed by atoms with van der Waals surface area (Å²) in [6, 6.07) is 21.9. The van der Waals surface area contributed by atoms with Crippen molar-refractivity contribution in [3.8, 4) is 23.0 Å². The van der Waals surface area contributed by atoms with Crippen molar-refractivity contribution in [3.05, 3.63) is 99.7 Å². The van der Waals surface area contributed by atoms with Crippen LogP contribution >= 0.6 is 0 Å². The molecule has 0 spiro atoms. The molecule has 0 saturated carbocycles. The topological polar surface area (TPSA) is 102 Å². The second kappa shape index (κ2) is 12.7. The van der Waals surface area contributed by atoms with Crippen LogP contribution in [-0.2, 0) is 13.0 Å². The van der Waals surface area contributed by atoms with E-state index in [0.29, 0.717) is 45.4 Å². The maximum atomic E-state index is 13.3. The molecule has 0 saturated heterocycles. The number of ether oxygens (including phenoxy) is 4. The van der Waals surface area contributed by atoms with E-state index in [9.17, 15) is 9.59 Å². The van der Waals surface area contributed by atoms with E-state index in [0.717, 1.165) is 49.7 Å². The molecule has 1 aliphatic heterocycles. The SMILES string of the molecule is COc1cc2c(cc1OC)CN(CCCOc1ccc(NC(=O)c3cccc4c(=O)c5cccc(OC)c5[nH]c34)cc1)CC2. The number of carbonyl (C=O) groups excluding carboxylic acids is 1. The molecule has 1 aliphatic rings. The second-order valence-electron chi connectivity index (χ2n) is 10.7. The van der Waals surface area contributed by atoms with Crippen molar-refractivity contribution in [1.82, 2.24) is 9.88 Å². The quantitative estimate of drug-likeness (QED) is 0.156. The zero-order valence-corrected chi connectivity index (χ0v) is 25.1. The van der Waals surface area contributed by atoms with Gasteiger partial charge in [-0.05, 0) is 84.6 Å². The smallest absolute Gasteiger partial charge is 0.257 e. The number of anilines is 1. The van der Waals surface area contributed by atoms with Crippen molar-refractivity contribution in [2.75, 3.05) is 46.3 Å². The number of rotatable bonds is 10. The Bertz CT molecular complexity index is 1880. The van der Waals surface area contributed by atoms with Crippen LogP contribution in [0.25, 0.3) is 21.8 Å². The summed E-state index contributed by atoms with van der Waals surface area (Å²) in [7, 11) is 4.88. The number of H-pyrrole nitrogens is 1. The minimum atomic E-state index is -0.326. The van der Waals surface area contributed by atoms with Crippen molar-refractivity contribution < 1.29 is 23.7 Å². The number of carbonyl (C=O) groups is 1. The number of nitrogens with one attached hydrogen (secondary N) is 2. The lowest BCUT2D eigenvalue weighted by Gasteiger charge is -2.29. The summed E-state index contributed by atoms with van der Waals surface area (Å²) in [6.45, 7) is 3.38. The van der Waals surface area contributed by atoms with E-state index in [2.05, 4.69) is 27.3 Å². The maximum Gasteiger partial charge on any atom is 0.257 e. The Morgan fingerprint density at radius 2 is 1.52 bits per heavy atom. The summed E-state index contributed by atoms with van der Waals surface area (Å²) in [5, 5.41) is 3.88. The Kier molecular flexibility index (Phi) is 8.38. The highest BCUT2D eigenvalue weighted by atomic mass is 16.5. The predicted octanol–water partition coefficient (Wildman–Crippen LogP) is 5.79. The number of fused-ring (bicyclic) bond motifs is 3. The first kappa shape index (κ1) is 29.1. The number of nitrogens with zero attached hydrogens (tertiary/aromatic N) is 1. The van der Waals surface area contributed by atoms with Gasteiger partial charge in [-0.1, -0.05) is 12.1 Å². The third-order valence-electron chi connectivity index (χ3n) is 8.09. The fourth-order valence-electron chi connectivity index (χ4n) is 5.80.